The van der Waals surface area contributed by atoms with Gasteiger partial charge in [-0.3, -0.25) is 4.79 Å². The Morgan fingerprint density at radius 1 is 1.14 bits per heavy atom. The molecule has 1 aromatic heterocycles. The Hall–Kier alpha value is -1.57. The molecule has 2 atom stereocenters. The zero-order chi connectivity index (χ0) is 21.2. The number of thiophene rings is 1. The second-order valence-electron chi connectivity index (χ2n) is 6.97. The topological polar surface area (TPSA) is 81.7 Å². The fourth-order valence-corrected chi connectivity index (χ4v) is 4.62. The zero-order valence-electron chi connectivity index (χ0n) is 16.4. The number of anilines is 1. The van der Waals surface area contributed by atoms with Gasteiger partial charge in [-0.1, -0.05) is 37.0 Å². The second kappa shape index (κ2) is 8.84. The van der Waals surface area contributed by atoms with Gasteiger partial charge in [0.1, 0.15) is 14.4 Å². The molecule has 1 N–H and O–H groups in total. The summed E-state index contributed by atoms with van der Waals surface area (Å²) in [6.07, 6.45) is 1.64. The van der Waals surface area contributed by atoms with Crippen LogP contribution >= 0.6 is 34.5 Å². The lowest BCUT2D eigenvalue weighted by Crippen LogP contribution is -2.18. The average molecular weight is 448 g/mol. The minimum atomic E-state index is -0.600. The molecule has 0 unspecified atom stereocenters. The van der Waals surface area contributed by atoms with Crippen LogP contribution < -0.4 is 5.32 Å². The quantitative estimate of drug-likeness (QED) is 0.598. The summed E-state index contributed by atoms with van der Waals surface area (Å²) in [6.45, 7) is 9.26. The molecular formula is C19H23Cl2NO5S. The van der Waals surface area contributed by atoms with Gasteiger partial charge >= 0.3 is 11.9 Å². The molecule has 1 saturated carbocycles. The Kier molecular flexibility index (Phi) is 7.17. The molecule has 1 heterocycles. The van der Waals surface area contributed by atoms with Crippen molar-refractivity contribution in [1.29, 1.82) is 0 Å². The fraction of sp³-hybridized carbons (Fsp3) is 0.526. The van der Waals surface area contributed by atoms with Crippen LogP contribution in [0.15, 0.2) is 10.6 Å². The number of esters is 2. The van der Waals surface area contributed by atoms with Crippen LogP contribution in [0.4, 0.5) is 5.00 Å². The summed E-state index contributed by atoms with van der Waals surface area (Å²) in [6, 6.07) is 0. The highest BCUT2D eigenvalue weighted by atomic mass is 35.5. The predicted molar refractivity (Wildman–Crippen MR) is 110 cm³/mol. The van der Waals surface area contributed by atoms with E-state index in [0.29, 0.717) is 5.56 Å². The molecule has 0 aliphatic heterocycles. The molecule has 0 spiro atoms. The van der Waals surface area contributed by atoms with E-state index in [-0.39, 0.29) is 56.3 Å². The van der Waals surface area contributed by atoms with Crippen LogP contribution in [0.5, 0.6) is 0 Å². The van der Waals surface area contributed by atoms with Gasteiger partial charge in [0.05, 0.1) is 24.7 Å². The third kappa shape index (κ3) is 4.53. The molecule has 0 saturated heterocycles. The van der Waals surface area contributed by atoms with E-state index in [4.69, 9.17) is 32.7 Å². The van der Waals surface area contributed by atoms with Crippen LogP contribution in [0, 0.1) is 24.2 Å². The highest BCUT2D eigenvalue weighted by Crippen LogP contribution is 2.60. The first-order valence-corrected chi connectivity index (χ1v) is 10.4. The summed E-state index contributed by atoms with van der Waals surface area (Å²) in [5.41, 5.74) is 0.274. The third-order valence-electron chi connectivity index (χ3n) is 4.82. The Morgan fingerprint density at radius 3 is 2.25 bits per heavy atom. The number of ether oxygens (including phenoxy) is 2. The standard InChI is InChI=1S/C19H23Cl2NO5S/c1-6-26-17(24)12-9(3)14(18(25)27-7-2)28-16(12)22-15(23)13-10(8-11(20)21)19(13,4)5/h8,10,13H,6-7H2,1-5H3,(H,22,23)/t10-,13-/m0/s1. The highest BCUT2D eigenvalue weighted by Gasteiger charge is 2.60. The number of hydrogen-bond acceptors (Lipinski definition) is 6. The maximum absolute atomic E-state index is 12.8. The molecule has 28 heavy (non-hydrogen) atoms. The van der Waals surface area contributed by atoms with Crippen molar-refractivity contribution in [2.45, 2.75) is 34.6 Å². The Bertz CT molecular complexity index is 827. The number of nitrogens with one attached hydrogen (secondary N) is 1. The van der Waals surface area contributed by atoms with Gasteiger partial charge in [0.2, 0.25) is 5.91 Å². The lowest BCUT2D eigenvalue weighted by atomic mass is 10.1. The molecule has 1 aromatic rings. The summed E-state index contributed by atoms with van der Waals surface area (Å²) in [7, 11) is 0. The molecule has 1 aliphatic carbocycles. The van der Waals surface area contributed by atoms with E-state index >= 15 is 0 Å². The summed E-state index contributed by atoms with van der Waals surface area (Å²) in [4.78, 5) is 37.7. The number of rotatable bonds is 7. The van der Waals surface area contributed by atoms with Gasteiger partial charge in [0, 0.05) is 0 Å². The summed E-state index contributed by atoms with van der Waals surface area (Å²) >= 11 is 12.5. The zero-order valence-corrected chi connectivity index (χ0v) is 18.7. The highest BCUT2D eigenvalue weighted by molar-refractivity contribution is 7.18. The van der Waals surface area contributed by atoms with Crippen molar-refractivity contribution in [3.63, 3.8) is 0 Å². The van der Waals surface area contributed by atoms with Gasteiger partial charge in [-0.25, -0.2) is 9.59 Å². The molecule has 9 heteroatoms. The minimum absolute atomic E-state index is 0.108. The number of carbonyl (C=O) groups excluding carboxylic acids is 3. The maximum Gasteiger partial charge on any atom is 0.348 e. The number of hydrogen-bond donors (Lipinski definition) is 1. The van der Waals surface area contributed by atoms with E-state index in [1.54, 1.807) is 26.8 Å². The predicted octanol–water partition coefficient (Wildman–Crippen LogP) is 4.94. The molecular weight excluding hydrogens is 425 g/mol. The molecule has 154 valence electrons. The van der Waals surface area contributed by atoms with Gasteiger partial charge in [0.15, 0.2) is 0 Å². The fourth-order valence-electron chi connectivity index (χ4n) is 3.26. The van der Waals surface area contributed by atoms with E-state index in [1.165, 1.54) is 0 Å². The number of allylic oxidation sites excluding steroid dienone is 1. The maximum atomic E-state index is 12.8. The first-order valence-electron chi connectivity index (χ1n) is 8.87. The third-order valence-corrected chi connectivity index (χ3v) is 6.26. The Balaban J connectivity index is 2.35. The van der Waals surface area contributed by atoms with E-state index in [1.807, 2.05) is 13.8 Å². The SMILES string of the molecule is CCOC(=O)c1sc(NC(=O)[C@@H]2[C@H](C=C(Cl)Cl)C2(C)C)c(C(=O)OCC)c1C. The first-order chi connectivity index (χ1) is 13.1. The average Bonchev–Trinajstić information content (AvgIpc) is 2.94. The molecule has 1 amide bonds. The molecule has 0 radical (unpaired) electrons. The monoisotopic (exact) mass is 447 g/mol. The van der Waals surface area contributed by atoms with Gasteiger partial charge in [-0.05, 0) is 43.7 Å². The van der Waals surface area contributed by atoms with Crippen molar-refractivity contribution in [2.24, 2.45) is 17.3 Å². The van der Waals surface area contributed by atoms with Crippen LogP contribution in [0.3, 0.4) is 0 Å². The van der Waals surface area contributed by atoms with Crippen LogP contribution in [0.2, 0.25) is 0 Å². The molecule has 0 aromatic carbocycles. The number of amides is 1. The lowest BCUT2D eigenvalue weighted by molar-refractivity contribution is -0.118. The van der Waals surface area contributed by atoms with Gasteiger partial charge in [0.25, 0.3) is 0 Å². The minimum Gasteiger partial charge on any atom is -0.462 e. The molecule has 2 rings (SSSR count). The number of halogens is 2. The van der Waals surface area contributed by atoms with E-state index in [2.05, 4.69) is 5.32 Å². The first kappa shape index (κ1) is 22.7. The van der Waals surface area contributed by atoms with Crippen LogP contribution in [-0.4, -0.2) is 31.1 Å². The molecule has 0 bridgehead atoms. The van der Waals surface area contributed by atoms with Crippen molar-refractivity contribution in [3.8, 4) is 0 Å². The summed E-state index contributed by atoms with van der Waals surface area (Å²) < 4.78 is 10.2. The van der Waals surface area contributed by atoms with Gasteiger partial charge in [-0.15, -0.1) is 11.3 Å². The van der Waals surface area contributed by atoms with Crippen molar-refractivity contribution in [2.75, 3.05) is 18.5 Å². The molecule has 1 fully saturated rings. The van der Waals surface area contributed by atoms with E-state index in [0.717, 1.165) is 11.3 Å². The number of carbonyl (C=O) groups is 3. The van der Waals surface area contributed by atoms with Crippen molar-refractivity contribution < 1.29 is 23.9 Å². The smallest absolute Gasteiger partial charge is 0.348 e. The Morgan fingerprint density at radius 2 is 1.71 bits per heavy atom. The second-order valence-corrected chi connectivity index (χ2v) is 9.00. The van der Waals surface area contributed by atoms with Crippen molar-refractivity contribution in [3.05, 3.63) is 26.6 Å². The van der Waals surface area contributed by atoms with Crippen LogP contribution in [-0.2, 0) is 14.3 Å². The largest absolute Gasteiger partial charge is 0.462 e. The lowest BCUT2D eigenvalue weighted by Gasteiger charge is -2.07. The van der Waals surface area contributed by atoms with Crippen molar-refractivity contribution >= 4 is 57.4 Å². The van der Waals surface area contributed by atoms with Crippen LogP contribution in [0.1, 0.15) is 53.3 Å². The van der Waals surface area contributed by atoms with E-state index in [9.17, 15) is 14.4 Å². The summed E-state index contributed by atoms with van der Waals surface area (Å²) in [5.74, 6) is -1.89. The normalized spacial score (nSPS) is 19.5. The molecule has 6 nitrogen and oxygen atoms in total. The van der Waals surface area contributed by atoms with Gasteiger partial charge in [-0.2, -0.15) is 0 Å². The van der Waals surface area contributed by atoms with E-state index < -0.39 is 11.9 Å². The summed E-state index contributed by atoms with van der Waals surface area (Å²) in [5, 5.41) is 3.05. The Labute approximate surface area is 178 Å². The van der Waals surface area contributed by atoms with Crippen molar-refractivity contribution in [1.82, 2.24) is 0 Å². The molecule has 1 aliphatic rings. The van der Waals surface area contributed by atoms with Gasteiger partial charge < -0.3 is 14.8 Å². The van der Waals surface area contributed by atoms with Crippen LogP contribution in [0.25, 0.3) is 0 Å².